The molecule has 1 unspecified atom stereocenters. The summed E-state index contributed by atoms with van der Waals surface area (Å²) in [5, 5.41) is 5.19. The number of imide groups is 1. The van der Waals surface area contributed by atoms with Crippen LogP contribution in [0.25, 0.3) is 0 Å². The van der Waals surface area contributed by atoms with Crippen molar-refractivity contribution in [1.82, 2.24) is 10.2 Å². The van der Waals surface area contributed by atoms with Crippen LogP contribution in [-0.4, -0.2) is 35.7 Å². The van der Waals surface area contributed by atoms with Crippen molar-refractivity contribution in [3.63, 3.8) is 0 Å². The number of benzene rings is 2. The summed E-state index contributed by atoms with van der Waals surface area (Å²) < 4.78 is 40.8. The summed E-state index contributed by atoms with van der Waals surface area (Å²) >= 11 is 0. The van der Waals surface area contributed by atoms with Crippen LogP contribution in [0, 0.1) is 0 Å². The number of hydrogen-bond donors (Lipinski definition) is 2. The average molecular weight is 435 g/mol. The van der Waals surface area contributed by atoms with E-state index in [0.717, 1.165) is 22.6 Å². The number of aryl methyl sites for hydroxylation is 1. The van der Waals surface area contributed by atoms with Gasteiger partial charge in [-0.2, -0.15) is 0 Å². The lowest BCUT2D eigenvalue weighted by Gasteiger charge is -2.22. The zero-order chi connectivity index (χ0) is 22.8. The highest BCUT2D eigenvalue weighted by atomic mass is 19.4. The number of ether oxygens (including phenoxy) is 1. The van der Waals surface area contributed by atoms with E-state index in [1.807, 2.05) is 19.1 Å². The molecule has 0 spiro atoms. The van der Waals surface area contributed by atoms with Gasteiger partial charge in [0.2, 0.25) is 5.91 Å². The molecule has 1 saturated heterocycles. The highest BCUT2D eigenvalue weighted by molar-refractivity contribution is 6.10. The molecule has 1 aliphatic rings. The first-order valence-corrected chi connectivity index (χ1v) is 9.41. The second kappa shape index (κ2) is 8.29. The minimum absolute atomic E-state index is 0.250. The van der Waals surface area contributed by atoms with Crippen molar-refractivity contribution < 1.29 is 32.3 Å². The lowest BCUT2D eigenvalue weighted by molar-refractivity contribution is -0.274. The van der Waals surface area contributed by atoms with Crippen LogP contribution >= 0.6 is 0 Å². The van der Waals surface area contributed by atoms with Gasteiger partial charge in [-0.3, -0.25) is 14.5 Å². The number of urea groups is 1. The maximum atomic E-state index is 12.9. The lowest BCUT2D eigenvalue weighted by Crippen LogP contribution is -2.42. The Labute approximate surface area is 176 Å². The molecular weight excluding hydrogens is 415 g/mol. The molecule has 164 valence electrons. The van der Waals surface area contributed by atoms with E-state index >= 15 is 0 Å². The molecule has 31 heavy (non-hydrogen) atoms. The second-order valence-electron chi connectivity index (χ2n) is 7.08. The monoisotopic (exact) mass is 435 g/mol. The van der Waals surface area contributed by atoms with Gasteiger partial charge in [-0.25, -0.2) is 4.79 Å². The van der Waals surface area contributed by atoms with Gasteiger partial charge in [0, 0.05) is 5.69 Å². The average Bonchev–Trinajstić information content (AvgIpc) is 2.91. The Bertz CT molecular complexity index is 1010. The van der Waals surface area contributed by atoms with Crippen LogP contribution in [0.5, 0.6) is 5.75 Å². The number of carbonyl (C=O) groups excluding carboxylic acids is 3. The number of anilines is 1. The summed E-state index contributed by atoms with van der Waals surface area (Å²) in [5.41, 5.74) is 0.207. The topological polar surface area (TPSA) is 87.7 Å². The first-order valence-electron chi connectivity index (χ1n) is 9.41. The molecule has 2 N–H and O–H groups in total. The van der Waals surface area contributed by atoms with E-state index in [2.05, 4.69) is 15.4 Å². The van der Waals surface area contributed by atoms with E-state index in [4.69, 9.17) is 0 Å². The second-order valence-corrected chi connectivity index (χ2v) is 7.08. The summed E-state index contributed by atoms with van der Waals surface area (Å²) in [7, 11) is 0. The lowest BCUT2D eigenvalue weighted by atomic mass is 9.92. The van der Waals surface area contributed by atoms with Crippen molar-refractivity contribution in [3.8, 4) is 5.75 Å². The van der Waals surface area contributed by atoms with Gasteiger partial charge in [-0.05, 0) is 42.7 Å². The number of amides is 4. The van der Waals surface area contributed by atoms with E-state index < -0.39 is 42.0 Å². The molecule has 0 saturated carbocycles. The Morgan fingerprint density at radius 1 is 1.13 bits per heavy atom. The number of hydrogen-bond acceptors (Lipinski definition) is 4. The Hall–Kier alpha value is -3.56. The van der Waals surface area contributed by atoms with Crippen LogP contribution < -0.4 is 15.4 Å². The molecule has 0 aromatic heterocycles. The van der Waals surface area contributed by atoms with Crippen molar-refractivity contribution in [3.05, 3.63) is 59.7 Å². The summed E-state index contributed by atoms with van der Waals surface area (Å²) in [6, 6.07) is 11.0. The van der Waals surface area contributed by atoms with Gasteiger partial charge in [-0.15, -0.1) is 13.2 Å². The minimum atomic E-state index is -4.84. The Kier molecular flexibility index (Phi) is 5.92. The number of nitrogens with zero attached hydrogens (tertiary/aromatic N) is 1. The fraction of sp³-hybridized carbons (Fsp3) is 0.286. The van der Waals surface area contributed by atoms with Gasteiger partial charge < -0.3 is 15.4 Å². The molecule has 2 aromatic rings. The normalized spacial score (nSPS) is 18.7. The van der Waals surface area contributed by atoms with Gasteiger partial charge >= 0.3 is 12.4 Å². The van der Waals surface area contributed by atoms with Crippen molar-refractivity contribution in [1.29, 1.82) is 0 Å². The first-order chi connectivity index (χ1) is 14.5. The number of rotatable bonds is 6. The summed E-state index contributed by atoms with van der Waals surface area (Å²) in [6.45, 7) is 2.84. The maximum absolute atomic E-state index is 12.9. The molecule has 0 bridgehead atoms. The zero-order valence-electron chi connectivity index (χ0n) is 16.7. The number of nitrogens with one attached hydrogen (secondary N) is 2. The van der Waals surface area contributed by atoms with Crippen LogP contribution in [0.15, 0.2) is 48.5 Å². The van der Waals surface area contributed by atoms with Crippen molar-refractivity contribution in [2.75, 3.05) is 11.9 Å². The van der Waals surface area contributed by atoms with E-state index in [-0.39, 0.29) is 5.56 Å². The van der Waals surface area contributed by atoms with Gasteiger partial charge in [0.1, 0.15) is 17.8 Å². The van der Waals surface area contributed by atoms with Crippen LogP contribution in [0.1, 0.15) is 25.0 Å². The third kappa shape index (κ3) is 4.79. The van der Waals surface area contributed by atoms with Crippen LogP contribution in [-0.2, 0) is 21.5 Å². The quantitative estimate of drug-likeness (QED) is 0.680. The molecule has 0 aliphatic carbocycles. The van der Waals surface area contributed by atoms with Gasteiger partial charge in [0.25, 0.3) is 5.91 Å². The highest BCUT2D eigenvalue weighted by Crippen LogP contribution is 2.31. The van der Waals surface area contributed by atoms with Crippen LogP contribution in [0.2, 0.25) is 0 Å². The third-order valence-corrected chi connectivity index (χ3v) is 4.91. The summed E-state index contributed by atoms with van der Waals surface area (Å²) in [5.74, 6) is -1.70. The molecule has 3 rings (SSSR count). The summed E-state index contributed by atoms with van der Waals surface area (Å²) in [4.78, 5) is 38.5. The highest BCUT2D eigenvalue weighted by Gasteiger charge is 2.49. The van der Waals surface area contributed by atoms with Gasteiger partial charge in [0.05, 0.1) is 0 Å². The number of alkyl halides is 3. The Morgan fingerprint density at radius 3 is 2.39 bits per heavy atom. The fourth-order valence-corrected chi connectivity index (χ4v) is 3.31. The van der Waals surface area contributed by atoms with E-state index in [0.29, 0.717) is 12.1 Å². The molecule has 0 radical (unpaired) electrons. The van der Waals surface area contributed by atoms with E-state index in [9.17, 15) is 27.6 Å². The Balaban J connectivity index is 1.73. The third-order valence-electron chi connectivity index (χ3n) is 4.91. The Morgan fingerprint density at radius 2 is 1.77 bits per heavy atom. The van der Waals surface area contributed by atoms with Gasteiger partial charge in [0.15, 0.2) is 0 Å². The smallest absolute Gasteiger partial charge is 0.406 e. The molecule has 4 amide bonds. The van der Waals surface area contributed by atoms with Crippen molar-refractivity contribution in [2.45, 2.75) is 32.2 Å². The molecule has 1 heterocycles. The SMILES string of the molecule is CCc1ccccc1NC(=O)CN1C(=O)NC(C)(c2ccc(OC(F)(F)F)cc2)C1=O. The molecule has 2 aromatic carbocycles. The first kappa shape index (κ1) is 22.1. The predicted octanol–water partition coefficient (Wildman–Crippen LogP) is 3.55. The standard InChI is InChI=1S/C21H20F3N3O4/c1-3-13-6-4-5-7-16(13)25-17(28)12-27-18(29)20(2,26-19(27)30)14-8-10-15(11-9-14)31-21(22,23)24/h4-11H,3,12H2,1-2H3,(H,25,28)(H,26,30). The fourth-order valence-electron chi connectivity index (χ4n) is 3.31. The molecule has 1 atom stereocenters. The van der Waals surface area contributed by atoms with Crippen molar-refractivity contribution >= 4 is 23.5 Å². The number of para-hydroxylation sites is 1. The van der Waals surface area contributed by atoms with Crippen LogP contribution in [0.3, 0.4) is 0 Å². The largest absolute Gasteiger partial charge is 0.573 e. The maximum Gasteiger partial charge on any atom is 0.573 e. The molecule has 1 aliphatic heterocycles. The predicted molar refractivity (Wildman–Crippen MR) is 105 cm³/mol. The number of halogens is 3. The van der Waals surface area contributed by atoms with E-state index in [1.54, 1.807) is 12.1 Å². The molecule has 10 heteroatoms. The molecular formula is C21H20F3N3O4. The molecule has 7 nitrogen and oxygen atoms in total. The van der Waals surface area contributed by atoms with Crippen molar-refractivity contribution in [2.24, 2.45) is 0 Å². The summed E-state index contributed by atoms with van der Waals surface area (Å²) in [6.07, 6.45) is -4.16. The minimum Gasteiger partial charge on any atom is -0.406 e. The molecule has 1 fully saturated rings. The van der Waals surface area contributed by atoms with E-state index in [1.165, 1.54) is 19.1 Å². The van der Waals surface area contributed by atoms with Gasteiger partial charge in [-0.1, -0.05) is 37.3 Å². The zero-order valence-corrected chi connectivity index (χ0v) is 16.7. The van der Waals surface area contributed by atoms with Crippen LogP contribution in [0.4, 0.5) is 23.7 Å². The number of carbonyl (C=O) groups is 3.